The van der Waals surface area contributed by atoms with E-state index in [2.05, 4.69) is 35.8 Å². The Morgan fingerprint density at radius 1 is 1.30 bits per heavy atom. The molecule has 4 aliphatic rings. The third-order valence-corrected chi connectivity index (χ3v) is 8.46. The monoisotopic (exact) mass is 353 g/mol. The first kappa shape index (κ1) is 13.8. The van der Waals surface area contributed by atoms with E-state index in [4.69, 9.17) is 5.73 Å². The van der Waals surface area contributed by atoms with Gasteiger partial charge in [-0.1, -0.05) is 6.92 Å². The summed E-state index contributed by atoms with van der Waals surface area (Å²) in [6.07, 6.45) is 8.54. The van der Waals surface area contributed by atoms with Crippen LogP contribution in [-0.4, -0.2) is 0 Å². The van der Waals surface area contributed by atoms with Crippen LogP contribution in [0.2, 0.25) is 0 Å². The Balaban J connectivity index is 1.70. The molecule has 2 N–H and O–H groups in total. The molecule has 4 saturated carbocycles. The number of nitrogens with two attached hydrogens (primary N) is 1. The molecule has 0 spiro atoms. The highest BCUT2D eigenvalue weighted by atomic mass is 79.9. The van der Waals surface area contributed by atoms with Crippen LogP contribution in [0.5, 0.6) is 0 Å². The van der Waals surface area contributed by atoms with E-state index in [-0.39, 0.29) is 6.04 Å². The summed E-state index contributed by atoms with van der Waals surface area (Å²) in [6, 6.07) is 2.57. The fourth-order valence-corrected chi connectivity index (χ4v) is 7.82. The molecule has 0 aliphatic heterocycles. The molecule has 3 atom stereocenters. The third-order valence-electron chi connectivity index (χ3n) is 6.24. The smallest absolute Gasteiger partial charge is 0.0731 e. The predicted molar refractivity (Wildman–Crippen MR) is 88.9 cm³/mol. The molecule has 0 radical (unpaired) electrons. The Hall–Kier alpha value is 0.140. The second-order valence-corrected chi connectivity index (χ2v) is 10.6. The van der Waals surface area contributed by atoms with Crippen LogP contribution >= 0.6 is 27.3 Å². The van der Waals surface area contributed by atoms with Crippen LogP contribution in [0.4, 0.5) is 0 Å². The van der Waals surface area contributed by atoms with Gasteiger partial charge in [0.25, 0.3) is 0 Å². The molecule has 3 heteroatoms. The van der Waals surface area contributed by atoms with Gasteiger partial charge in [-0.05, 0) is 95.7 Å². The van der Waals surface area contributed by atoms with Gasteiger partial charge < -0.3 is 5.73 Å². The molecule has 1 nitrogen and oxygen atoms in total. The summed E-state index contributed by atoms with van der Waals surface area (Å²) in [7, 11) is 0. The van der Waals surface area contributed by atoms with Gasteiger partial charge in [-0.25, -0.2) is 0 Å². The summed E-state index contributed by atoms with van der Waals surface area (Å²) in [4.78, 5) is 1.40. The molecular formula is C17H24BrNS. The van der Waals surface area contributed by atoms with Gasteiger partial charge in [0.05, 0.1) is 3.79 Å². The predicted octanol–water partition coefficient (Wildman–Crippen LogP) is 5.43. The van der Waals surface area contributed by atoms with Crippen molar-refractivity contribution in [2.24, 2.45) is 28.4 Å². The fourth-order valence-electron chi connectivity index (χ4n) is 6.10. The lowest BCUT2D eigenvalue weighted by Crippen LogP contribution is -2.54. The van der Waals surface area contributed by atoms with Gasteiger partial charge in [-0.3, -0.25) is 0 Å². The maximum absolute atomic E-state index is 6.82. The first-order valence-corrected chi connectivity index (χ1v) is 9.52. The Labute approximate surface area is 134 Å². The van der Waals surface area contributed by atoms with Crippen LogP contribution in [0.3, 0.4) is 0 Å². The van der Waals surface area contributed by atoms with Crippen molar-refractivity contribution < 1.29 is 0 Å². The first-order chi connectivity index (χ1) is 9.39. The normalized spacial score (nSPS) is 44.0. The summed E-state index contributed by atoms with van der Waals surface area (Å²) in [6.45, 7) is 4.71. The number of hydrogen-bond donors (Lipinski definition) is 1. The fraction of sp³-hybridized carbons (Fsp3) is 0.765. The zero-order valence-corrected chi connectivity index (χ0v) is 14.8. The number of aryl methyl sites for hydroxylation is 1. The molecule has 4 bridgehead atoms. The SMILES string of the molecule is Cc1cc(C(N)C23CC4CC(CC(C)(C4)C2)C3)sc1Br. The first-order valence-electron chi connectivity index (χ1n) is 7.91. The minimum atomic E-state index is 0.253. The molecule has 20 heavy (non-hydrogen) atoms. The highest BCUT2D eigenvalue weighted by Crippen LogP contribution is 2.68. The molecule has 1 heterocycles. The van der Waals surface area contributed by atoms with Crippen molar-refractivity contribution in [3.05, 3.63) is 20.3 Å². The van der Waals surface area contributed by atoms with Crippen molar-refractivity contribution in [2.45, 2.75) is 58.4 Å². The highest BCUT2D eigenvalue weighted by Gasteiger charge is 2.58. The van der Waals surface area contributed by atoms with Gasteiger partial charge in [-0.2, -0.15) is 0 Å². The van der Waals surface area contributed by atoms with E-state index in [1.165, 1.54) is 52.8 Å². The quantitative estimate of drug-likeness (QED) is 0.753. The molecule has 1 aromatic rings. The Kier molecular flexibility index (Phi) is 2.98. The van der Waals surface area contributed by atoms with Crippen molar-refractivity contribution in [1.82, 2.24) is 0 Å². The molecule has 110 valence electrons. The average molecular weight is 354 g/mol. The average Bonchev–Trinajstić information content (AvgIpc) is 2.65. The van der Waals surface area contributed by atoms with Crippen molar-refractivity contribution in [1.29, 1.82) is 0 Å². The second-order valence-electron chi connectivity index (χ2n) is 8.22. The number of thiophene rings is 1. The minimum absolute atomic E-state index is 0.253. The Morgan fingerprint density at radius 3 is 2.45 bits per heavy atom. The van der Waals surface area contributed by atoms with E-state index < -0.39 is 0 Å². The van der Waals surface area contributed by atoms with E-state index in [1.54, 1.807) is 0 Å². The number of hydrogen-bond acceptors (Lipinski definition) is 2. The molecule has 3 unspecified atom stereocenters. The molecule has 1 aromatic heterocycles. The molecule has 0 saturated heterocycles. The van der Waals surface area contributed by atoms with Crippen molar-refractivity contribution in [3.8, 4) is 0 Å². The van der Waals surface area contributed by atoms with Crippen LogP contribution in [0, 0.1) is 29.6 Å². The van der Waals surface area contributed by atoms with Crippen molar-refractivity contribution in [2.75, 3.05) is 0 Å². The van der Waals surface area contributed by atoms with Gasteiger partial charge >= 0.3 is 0 Å². The molecular weight excluding hydrogens is 330 g/mol. The molecule has 0 aromatic carbocycles. The standard InChI is InChI=1S/C17H24BrNS/c1-10-3-13(20-15(10)18)14(19)17-7-11-4-12(8-17)6-16(2,5-11)9-17/h3,11-12,14H,4-9,19H2,1-2H3. The molecule has 0 amide bonds. The molecule has 4 fully saturated rings. The lowest BCUT2D eigenvalue weighted by Gasteiger charge is -2.63. The molecule has 5 rings (SSSR count). The summed E-state index contributed by atoms with van der Waals surface area (Å²) >= 11 is 5.53. The largest absolute Gasteiger partial charge is 0.323 e. The Morgan fingerprint density at radius 2 is 1.95 bits per heavy atom. The number of halogens is 1. The van der Waals surface area contributed by atoms with E-state index in [0.29, 0.717) is 10.8 Å². The lowest BCUT2D eigenvalue weighted by atomic mass is 9.43. The van der Waals surface area contributed by atoms with Crippen molar-refractivity contribution in [3.63, 3.8) is 0 Å². The van der Waals surface area contributed by atoms with Gasteiger partial charge in [0.15, 0.2) is 0 Å². The Bertz CT molecular complexity index is 516. The minimum Gasteiger partial charge on any atom is -0.323 e. The lowest BCUT2D eigenvalue weighted by molar-refractivity contribution is -0.113. The van der Waals surface area contributed by atoms with Crippen LogP contribution in [0.15, 0.2) is 9.85 Å². The zero-order chi connectivity index (χ0) is 14.1. The maximum Gasteiger partial charge on any atom is 0.0731 e. The number of rotatable bonds is 2. The maximum atomic E-state index is 6.82. The van der Waals surface area contributed by atoms with Crippen molar-refractivity contribution >= 4 is 27.3 Å². The van der Waals surface area contributed by atoms with E-state index in [1.807, 2.05) is 11.3 Å². The van der Waals surface area contributed by atoms with Gasteiger partial charge in [0.1, 0.15) is 0 Å². The van der Waals surface area contributed by atoms with E-state index in [0.717, 1.165) is 11.8 Å². The highest BCUT2D eigenvalue weighted by molar-refractivity contribution is 9.11. The van der Waals surface area contributed by atoms with E-state index >= 15 is 0 Å². The summed E-state index contributed by atoms with van der Waals surface area (Å²) in [5, 5.41) is 0. The van der Waals surface area contributed by atoms with Gasteiger partial charge in [-0.15, -0.1) is 11.3 Å². The summed E-state index contributed by atoms with van der Waals surface area (Å²) in [5.41, 5.74) is 9.16. The van der Waals surface area contributed by atoms with Crippen LogP contribution < -0.4 is 5.73 Å². The molecule has 4 aliphatic carbocycles. The van der Waals surface area contributed by atoms with Gasteiger partial charge in [0, 0.05) is 10.9 Å². The second kappa shape index (κ2) is 4.33. The topological polar surface area (TPSA) is 26.0 Å². The van der Waals surface area contributed by atoms with Crippen LogP contribution in [-0.2, 0) is 0 Å². The summed E-state index contributed by atoms with van der Waals surface area (Å²) < 4.78 is 1.26. The summed E-state index contributed by atoms with van der Waals surface area (Å²) in [5.74, 6) is 1.91. The van der Waals surface area contributed by atoms with Crippen LogP contribution in [0.1, 0.15) is 61.9 Å². The zero-order valence-electron chi connectivity index (χ0n) is 12.4. The van der Waals surface area contributed by atoms with Gasteiger partial charge in [0.2, 0.25) is 0 Å². The third kappa shape index (κ3) is 1.96. The van der Waals surface area contributed by atoms with E-state index in [9.17, 15) is 0 Å². The van der Waals surface area contributed by atoms with Crippen LogP contribution in [0.25, 0.3) is 0 Å².